The molecule has 0 aromatic carbocycles. The van der Waals surface area contributed by atoms with Gasteiger partial charge in [0.2, 0.25) is 0 Å². The van der Waals surface area contributed by atoms with Gasteiger partial charge in [-0.25, -0.2) is 0 Å². The molecule has 104 valence electrons. The van der Waals surface area contributed by atoms with Crippen molar-refractivity contribution in [1.82, 2.24) is 0 Å². The molecule has 0 heterocycles. The minimum atomic E-state index is -0.404. The molecule has 2 heteroatoms. The largest absolute Gasteiger partial charge is 0.313 e. The van der Waals surface area contributed by atoms with Gasteiger partial charge in [-0.05, 0) is 12.8 Å². The zero-order valence-electron chi connectivity index (χ0n) is 12.1. The van der Waals surface area contributed by atoms with Crippen molar-refractivity contribution in [3.8, 4) is 0 Å². The van der Waals surface area contributed by atoms with Gasteiger partial charge >= 0.3 is 0 Å². The van der Waals surface area contributed by atoms with Crippen LogP contribution in [0.3, 0.4) is 0 Å². The standard InChI is InChI=1S/C15H34N2/c1-3-5-7-9-11-13-15(16,17)14-12-10-8-6-4-2/h3-14,16-17H2,1-2H3. The molecule has 0 atom stereocenters. The molecule has 2 nitrogen and oxygen atoms in total. The molecular weight excluding hydrogens is 208 g/mol. The lowest BCUT2D eigenvalue weighted by Gasteiger charge is -2.24. The Balaban J connectivity index is 3.38. The van der Waals surface area contributed by atoms with Gasteiger partial charge < -0.3 is 11.5 Å². The van der Waals surface area contributed by atoms with Gasteiger partial charge in [0.15, 0.2) is 0 Å². The van der Waals surface area contributed by atoms with E-state index in [0.29, 0.717) is 0 Å². The van der Waals surface area contributed by atoms with Crippen LogP contribution in [0.2, 0.25) is 0 Å². The smallest absolute Gasteiger partial charge is 0.0636 e. The zero-order chi connectivity index (χ0) is 13.0. The topological polar surface area (TPSA) is 52.0 Å². The molecule has 4 N–H and O–H groups in total. The molecule has 0 bridgehead atoms. The molecule has 0 spiro atoms. The van der Waals surface area contributed by atoms with Crippen LogP contribution in [0.1, 0.15) is 90.9 Å². The molecule has 0 aliphatic heterocycles. The predicted octanol–water partition coefficient (Wildman–Crippen LogP) is 4.32. The van der Waals surface area contributed by atoms with E-state index < -0.39 is 5.66 Å². The number of hydrogen-bond donors (Lipinski definition) is 2. The van der Waals surface area contributed by atoms with Gasteiger partial charge in [-0.1, -0.05) is 78.1 Å². The predicted molar refractivity (Wildman–Crippen MR) is 77.9 cm³/mol. The lowest BCUT2D eigenvalue weighted by atomic mass is 9.96. The number of unbranched alkanes of at least 4 members (excludes halogenated alkanes) is 8. The van der Waals surface area contributed by atoms with E-state index in [1.165, 1.54) is 64.2 Å². The average molecular weight is 242 g/mol. The van der Waals surface area contributed by atoms with Crippen molar-refractivity contribution in [2.75, 3.05) is 0 Å². The van der Waals surface area contributed by atoms with Crippen molar-refractivity contribution < 1.29 is 0 Å². The van der Waals surface area contributed by atoms with E-state index in [-0.39, 0.29) is 0 Å². The summed E-state index contributed by atoms with van der Waals surface area (Å²) in [5.74, 6) is 0. The Hall–Kier alpha value is -0.0800. The summed E-state index contributed by atoms with van der Waals surface area (Å²) in [6, 6.07) is 0. The number of rotatable bonds is 12. The summed E-state index contributed by atoms with van der Waals surface area (Å²) in [4.78, 5) is 0. The Kier molecular flexibility index (Phi) is 11.0. The van der Waals surface area contributed by atoms with Crippen LogP contribution in [0.5, 0.6) is 0 Å². The van der Waals surface area contributed by atoms with Crippen LogP contribution in [0.15, 0.2) is 0 Å². The molecule has 0 aromatic heterocycles. The van der Waals surface area contributed by atoms with Gasteiger partial charge in [0, 0.05) is 0 Å². The first kappa shape index (κ1) is 16.9. The molecule has 0 aliphatic rings. The zero-order valence-corrected chi connectivity index (χ0v) is 12.1. The molecule has 0 rings (SSSR count). The van der Waals surface area contributed by atoms with Crippen molar-refractivity contribution in [1.29, 1.82) is 0 Å². The number of nitrogens with two attached hydrogens (primary N) is 2. The lowest BCUT2D eigenvalue weighted by Crippen LogP contribution is -2.49. The molecule has 0 radical (unpaired) electrons. The van der Waals surface area contributed by atoms with Gasteiger partial charge in [0.05, 0.1) is 5.66 Å². The van der Waals surface area contributed by atoms with Gasteiger partial charge in [-0.2, -0.15) is 0 Å². The van der Waals surface area contributed by atoms with E-state index in [1.807, 2.05) is 0 Å². The van der Waals surface area contributed by atoms with Crippen molar-refractivity contribution in [2.24, 2.45) is 11.5 Å². The number of hydrogen-bond acceptors (Lipinski definition) is 2. The second-order valence-corrected chi connectivity index (χ2v) is 5.56. The van der Waals surface area contributed by atoms with E-state index in [9.17, 15) is 0 Å². The average Bonchev–Trinajstić information content (AvgIpc) is 2.28. The lowest BCUT2D eigenvalue weighted by molar-refractivity contribution is 0.346. The summed E-state index contributed by atoms with van der Waals surface area (Å²) >= 11 is 0. The Labute approximate surface area is 109 Å². The van der Waals surface area contributed by atoms with Crippen LogP contribution in [0.25, 0.3) is 0 Å². The third kappa shape index (κ3) is 12.2. The third-order valence-electron chi connectivity index (χ3n) is 3.49. The van der Waals surface area contributed by atoms with E-state index in [1.54, 1.807) is 0 Å². The van der Waals surface area contributed by atoms with Crippen LogP contribution in [0.4, 0.5) is 0 Å². The van der Waals surface area contributed by atoms with Crippen LogP contribution >= 0.6 is 0 Å². The maximum Gasteiger partial charge on any atom is 0.0636 e. The first-order valence-corrected chi connectivity index (χ1v) is 7.70. The van der Waals surface area contributed by atoms with Crippen LogP contribution in [-0.2, 0) is 0 Å². The Morgan fingerprint density at radius 2 is 0.941 bits per heavy atom. The van der Waals surface area contributed by atoms with Crippen molar-refractivity contribution in [2.45, 2.75) is 96.6 Å². The quantitative estimate of drug-likeness (QED) is 0.395. The first-order chi connectivity index (χ1) is 8.12. The molecule has 17 heavy (non-hydrogen) atoms. The maximum absolute atomic E-state index is 6.12. The second-order valence-electron chi connectivity index (χ2n) is 5.56. The normalized spacial score (nSPS) is 12.0. The summed E-state index contributed by atoms with van der Waals surface area (Å²) in [5, 5.41) is 0. The Bertz CT molecular complexity index is 139. The van der Waals surface area contributed by atoms with E-state index in [0.717, 1.165) is 12.8 Å². The van der Waals surface area contributed by atoms with Crippen molar-refractivity contribution in [3.05, 3.63) is 0 Å². The summed E-state index contributed by atoms with van der Waals surface area (Å²) in [7, 11) is 0. The molecular formula is C15H34N2. The Morgan fingerprint density at radius 3 is 1.29 bits per heavy atom. The molecule has 0 amide bonds. The van der Waals surface area contributed by atoms with Crippen LogP contribution < -0.4 is 11.5 Å². The van der Waals surface area contributed by atoms with Gasteiger partial charge in [-0.15, -0.1) is 0 Å². The second kappa shape index (κ2) is 11.0. The molecule has 0 fully saturated rings. The highest BCUT2D eigenvalue weighted by molar-refractivity contribution is 4.76. The summed E-state index contributed by atoms with van der Waals surface area (Å²) in [6.45, 7) is 4.49. The highest BCUT2D eigenvalue weighted by Gasteiger charge is 2.17. The van der Waals surface area contributed by atoms with E-state index in [4.69, 9.17) is 11.5 Å². The molecule has 0 aromatic rings. The molecule has 0 saturated heterocycles. The fourth-order valence-electron chi connectivity index (χ4n) is 2.24. The molecule has 0 aliphatic carbocycles. The van der Waals surface area contributed by atoms with Crippen LogP contribution in [-0.4, -0.2) is 5.66 Å². The van der Waals surface area contributed by atoms with Crippen molar-refractivity contribution >= 4 is 0 Å². The Morgan fingerprint density at radius 1 is 0.588 bits per heavy atom. The third-order valence-corrected chi connectivity index (χ3v) is 3.49. The van der Waals surface area contributed by atoms with Crippen molar-refractivity contribution in [3.63, 3.8) is 0 Å². The molecule has 0 saturated carbocycles. The van der Waals surface area contributed by atoms with Crippen LogP contribution in [0, 0.1) is 0 Å². The first-order valence-electron chi connectivity index (χ1n) is 7.70. The van der Waals surface area contributed by atoms with E-state index >= 15 is 0 Å². The fourth-order valence-corrected chi connectivity index (χ4v) is 2.24. The SMILES string of the molecule is CCCCCCCC(N)(N)CCCCCCC. The molecule has 0 unspecified atom stereocenters. The highest BCUT2D eigenvalue weighted by Crippen LogP contribution is 2.16. The van der Waals surface area contributed by atoms with Gasteiger partial charge in [0.1, 0.15) is 0 Å². The fraction of sp³-hybridized carbons (Fsp3) is 1.00. The minimum absolute atomic E-state index is 0.404. The van der Waals surface area contributed by atoms with E-state index in [2.05, 4.69) is 13.8 Å². The van der Waals surface area contributed by atoms with Gasteiger partial charge in [0.25, 0.3) is 0 Å². The maximum atomic E-state index is 6.12. The van der Waals surface area contributed by atoms with Gasteiger partial charge in [-0.3, -0.25) is 0 Å². The minimum Gasteiger partial charge on any atom is -0.313 e. The summed E-state index contributed by atoms with van der Waals surface area (Å²) < 4.78 is 0. The highest BCUT2D eigenvalue weighted by atomic mass is 14.9. The summed E-state index contributed by atoms with van der Waals surface area (Å²) in [5.41, 5.74) is 11.8. The summed E-state index contributed by atoms with van der Waals surface area (Å²) in [6.07, 6.45) is 14.9. The monoisotopic (exact) mass is 242 g/mol.